The number of carbonyl (C=O) groups is 1. The summed E-state index contributed by atoms with van der Waals surface area (Å²) < 4.78 is 10.4. The highest BCUT2D eigenvalue weighted by atomic mass is 35.5. The Balaban J connectivity index is 3.05. The van der Waals surface area contributed by atoms with Crippen LogP contribution in [0.5, 0.6) is 11.5 Å². The maximum Gasteiger partial charge on any atom is 0.242 e. The van der Waals surface area contributed by atoms with Crippen molar-refractivity contribution in [1.29, 1.82) is 0 Å². The Labute approximate surface area is 112 Å². The van der Waals surface area contributed by atoms with Gasteiger partial charge in [0.25, 0.3) is 0 Å². The summed E-state index contributed by atoms with van der Waals surface area (Å²) in [6, 6.07) is 5.32. The topological polar surface area (TPSA) is 47.6 Å². The first-order valence-corrected chi connectivity index (χ1v) is 6.10. The highest BCUT2D eigenvalue weighted by Crippen LogP contribution is 2.37. The van der Waals surface area contributed by atoms with Gasteiger partial charge in [-0.25, -0.2) is 0 Å². The molecule has 1 aromatic rings. The first kappa shape index (κ1) is 14.6. The summed E-state index contributed by atoms with van der Waals surface area (Å²) in [6.45, 7) is 3.76. The largest absolute Gasteiger partial charge is 0.493 e. The van der Waals surface area contributed by atoms with Crippen molar-refractivity contribution in [3.05, 3.63) is 23.8 Å². The predicted octanol–water partition coefficient (Wildman–Crippen LogP) is 2.51. The summed E-state index contributed by atoms with van der Waals surface area (Å²) in [6.07, 6.45) is 0. The third-order valence-electron chi connectivity index (χ3n) is 2.37. The third-order valence-corrected chi connectivity index (χ3v) is 2.80. The second kappa shape index (κ2) is 6.50. The van der Waals surface area contributed by atoms with Gasteiger partial charge >= 0.3 is 0 Å². The van der Waals surface area contributed by atoms with Gasteiger partial charge in [0, 0.05) is 11.6 Å². The minimum absolute atomic E-state index is 0.0374. The highest BCUT2D eigenvalue weighted by Gasteiger charge is 2.23. The van der Waals surface area contributed by atoms with Gasteiger partial charge in [-0.3, -0.25) is 4.79 Å². The molecule has 0 heterocycles. The third kappa shape index (κ3) is 3.29. The van der Waals surface area contributed by atoms with Gasteiger partial charge < -0.3 is 14.8 Å². The van der Waals surface area contributed by atoms with Crippen molar-refractivity contribution < 1.29 is 14.3 Å². The van der Waals surface area contributed by atoms with Gasteiger partial charge in [0.05, 0.1) is 14.2 Å². The number of hydrogen-bond acceptors (Lipinski definition) is 3. The number of hydrogen-bond donors (Lipinski definition) is 1. The van der Waals surface area contributed by atoms with E-state index in [0.717, 1.165) is 0 Å². The molecule has 1 rings (SSSR count). The molecule has 0 saturated heterocycles. The Bertz CT molecular complexity index is 421. The molecule has 0 aliphatic heterocycles. The van der Waals surface area contributed by atoms with E-state index in [2.05, 4.69) is 5.32 Å². The number of alkyl halides is 1. The minimum Gasteiger partial charge on any atom is -0.493 e. The average Bonchev–Trinajstić information content (AvgIpc) is 2.35. The zero-order valence-electron chi connectivity index (χ0n) is 11.0. The molecule has 1 amide bonds. The van der Waals surface area contributed by atoms with Crippen LogP contribution in [0.15, 0.2) is 18.2 Å². The monoisotopic (exact) mass is 271 g/mol. The molecule has 0 aliphatic rings. The summed E-state index contributed by atoms with van der Waals surface area (Å²) >= 11 is 6.17. The summed E-state index contributed by atoms with van der Waals surface area (Å²) in [5.74, 6) is 0.787. The molecule has 1 N–H and O–H groups in total. The molecule has 1 aromatic carbocycles. The summed E-state index contributed by atoms with van der Waals surface area (Å²) in [7, 11) is 3.06. The molecule has 0 fully saturated rings. The Morgan fingerprint density at radius 1 is 1.28 bits per heavy atom. The molecule has 0 aliphatic carbocycles. The summed E-state index contributed by atoms with van der Waals surface area (Å²) in [5.41, 5.74) is 0.594. The van der Waals surface area contributed by atoms with Crippen LogP contribution < -0.4 is 14.8 Å². The second-order valence-corrected chi connectivity index (χ2v) is 4.55. The molecule has 0 saturated carbocycles. The van der Waals surface area contributed by atoms with E-state index in [1.807, 2.05) is 13.8 Å². The van der Waals surface area contributed by atoms with Crippen LogP contribution in [-0.2, 0) is 4.79 Å². The van der Waals surface area contributed by atoms with E-state index in [0.29, 0.717) is 17.1 Å². The van der Waals surface area contributed by atoms with E-state index in [-0.39, 0.29) is 11.9 Å². The van der Waals surface area contributed by atoms with E-state index in [1.165, 1.54) is 7.11 Å². The van der Waals surface area contributed by atoms with Crippen molar-refractivity contribution in [2.24, 2.45) is 0 Å². The number of ether oxygens (including phenoxy) is 2. The van der Waals surface area contributed by atoms with Crippen molar-refractivity contribution in [3.8, 4) is 11.5 Å². The fraction of sp³-hybridized carbons (Fsp3) is 0.462. The lowest BCUT2D eigenvalue weighted by Gasteiger charge is -2.17. The standard InChI is InChI=1S/C13H18ClNO3/c1-8(2)15-13(16)11(14)9-6-5-7-10(17-3)12(9)18-4/h5-8,11H,1-4H3,(H,15,16). The molecule has 0 aromatic heterocycles. The minimum atomic E-state index is -0.808. The van der Waals surface area contributed by atoms with Crippen molar-refractivity contribution >= 4 is 17.5 Å². The SMILES string of the molecule is COc1cccc(C(Cl)C(=O)NC(C)C)c1OC. The van der Waals surface area contributed by atoms with Gasteiger partial charge in [-0.2, -0.15) is 0 Å². The molecule has 1 atom stereocenters. The smallest absolute Gasteiger partial charge is 0.242 e. The van der Waals surface area contributed by atoms with Crippen molar-refractivity contribution in [3.63, 3.8) is 0 Å². The maximum atomic E-state index is 11.9. The van der Waals surface area contributed by atoms with E-state index in [9.17, 15) is 4.79 Å². The zero-order chi connectivity index (χ0) is 13.7. The number of carbonyl (C=O) groups excluding carboxylic acids is 1. The first-order valence-electron chi connectivity index (χ1n) is 5.66. The zero-order valence-corrected chi connectivity index (χ0v) is 11.7. The molecule has 100 valence electrons. The summed E-state index contributed by atoms with van der Waals surface area (Å²) in [5, 5.41) is 1.95. The van der Waals surface area contributed by atoms with Crippen LogP contribution in [0.4, 0.5) is 0 Å². The molecule has 0 bridgehead atoms. The maximum absolute atomic E-state index is 11.9. The molecule has 18 heavy (non-hydrogen) atoms. The summed E-state index contributed by atoms with van der Waals surface area (Å²) in [4.78, 5) is 11.9. The molecular weight excluding hydrogens is 254 g/mol. The van der Waals surface area contributed by atoms with Gasteiger partial charge in [-0.05, 0) is 19.9 Å². The lowest BCUT2D eigenvalue weighted by Crippen LogP contribution is -2.32. The normalized spacial score (nSPS) is 12.1. The fourth-order valence-corrected chi connectivity index (χ4v) is 1.85. The van der Waals surface area contributed by atoms with Gasteiger partial charge in [-0.15, -0.1) is 11.6 Å². The Hall–Kier alpha value is -1.42. The quantitative estimate of drug-likeness (QED) is 0.837. The van der Waals surface area contributed by atoms with Crippen molar-refractivity contribution in [2.75, 3.05) is 14.2 Å². The fourth-order valence-electron chi connectivity index (χ4n) is 1.61. The van der Waals surface area contributed by atoms with E-state index < -0.39 is 5.38 Å². The van der Waals surface area contributed by atoms with E-state index >= 15 is 0 Å². The van der Waals surface area contributed by atoms with Crippen molar-refractivity contribution in [1.82, 2.24) is 5.32 Å². The number of rotatable bonds is 5. The Morgan fingerprint density at radius 2 is 1.94 bits per heavy atom. The highest BCUT2D eigenvalue weighted by molar-refractivity contribution is 6.31. The molecule has 5 heteroatoms. The van der Waals surface area contributed by atoms with Crippen LogP contribution in [0.25, 0.3) is 0 Å². The average molecular weight is 272 g/mol. The number of para-hydroxylation sites is 1. The van der Waals surface area contributed by atoms with Crippen LogP contribution >= 0.6 is 11.6 Å². The first-order chi connectivity index (χ1) is 8.51. The number of halogens is 1. The predicted molar refractivity (Wildman–Crippen MR) is 71.4 cm³/mol. The molecular formula is C13H18ClNO3. The van der Waals surface area contributed by atoms with Gasteiger partial charge in [-0.1, -0.05) is 12.1 Å². The van der Waals surface area contributed by atoms with Crippen LogP contribution in [0, 0.1) is 0 Å². The molecule has 1 unspecified atom stereocenters. The number of benzene rings is 1. The van der Waals surface area contributed by atoms with Crippen LogP contribution in [0.3, 0.4) is 0 Å². The van der Waals surface area contributed by atoms with E-state index in [4.69, 9.17) is 21.1 Å². The van der Waals surface area contributed by atoms with Gasteiger partial charge in [0.2, 0.25) is 5.91 Å². The number of nitrogens with one attached hydrogen (secondary N) is 1. The lowest BCUT2D eigenvalue weighted by molar-refractivity contribution is -0.121. The lowest BCUT2D eigenvalue weighted by atomic mass is 10.1. The molecule has 4 nitrogen and oxygen atoms in total. The van der Waals surface area contributed by atoms with Crippen molar-refractivity contribution in [2.45, 2.75) is 25.3 Å². The van der Waals surface area contributed by atoms with Crippen LogP contribution in [0.1, 0.15) is 24.8 Å². The second-order valence-electron chi connectivity index (χ2n) is 4.11. The van der Waals surface area contributed by atoms with E-state index in [1.54, 1.807) is 25.3 Å². The Kier molecular flexibility index (Phi) is 5.28. The van der Waals surface area contributed by atoms with Crippen LogP contribution in [0.2, 0.25) is 0 Å². The Morgan fingerprint density at radius 3 is 2.44 bits per heavy atom. The van der Waals surface area contributed by atoms with Crippen LogP contribution in [-0.4, -0.2) is 26.2 Å². The van der Waals surface area contributed by atoms with Gasteiger partial charge in [0.1, 0.15) is 5.38 Å². The van der Waals surface area contributed by atoms with Gasteiger partial charge in [0.15, 0.2) is 11.5 Å². The molecule has 0 spiro atoms. The number of methoxy groups -OCH3 is 2. The number of amides is 1. The molecule has 0 radical (unpaired) electrons.